The van der Waals surface area contributed by atoms with Crippen molar-refractivity contribution in [2.24, 2.45) is 5.73 Å². The molecule has 0 atom stereocenters. The van der Waals surface area contributed by atoms with Crippen LogP contribution in [0.25, 0.3) is 0 Å². The summed E-state index contributed by atoms with van der Waals surface area (Å²) in [5.74, 6) is -0.0748. The second-order valence-electron chi connectivity index (χ2n) is 3.73. The monoisotopic (exact) mass is 255 g/mol. The van der Waals surface area contributed by atoms with Gasteiger partial charge in [-0.2, -0.15) is 0 Å². The maximum Gasteiger partial charge on any atom is 0.232 e. The van der Waals surface area contributed by atoms with Crippen LogP contribution in [0.1, 0.15) is 25.3 Å². The van der Waals surface area contributed by atoms with Gasteiger partial charge in [-0.15, -0.1) is 0 Å². The average Bonchev–Trinajstić information content (AvgIpc) is 2.26. The Hall–Kier alpha value is -1.56. The predicted octanol–water partition coefficient (Wildman–Crippen LogP) is 1.51. The number of nitrogens with one attached hydrogen (secondary N) is 2. The summed E-state index contributed by atoms with van der Waals surface area (Å²) in [6.07, 6.45) is 1.42. The maximum absolute atomic E-state index is 11.7. The van der Waals surface area contributed by atoms with E-state index in [0.717, 1.165) is 6.42 Å². The van der Waals surface area contributed by atoms with Crippen molar-refractivity contribution in [3.63, 3.8) is 0 Å². The molecular weight excluding hydrogens is 238 g/mol. The molecule has 0 aliphatic carbocycles. The molecule has 1 rings (SSSR count). The van der Waals surface area contributed by atoms with Gasteiger partial charge >= 0.3 is 0 Å². The summed E-state index contributed by atoms with van der Waals surface area (Å²) in [7, 11) is -3.36. The van der Waals surface area contributed by atoms with Crippen LogP contribution in [0, 0.1) is 5.41 Å². The van der Waals surface area contributed by atoms with Crippen molar-refractivity contribution in [2.75, 3.05) is 10.5 Å². The van der Waals surface area contributed by atoms with Gasteiger partial charge < -0.3 is 5.73 Å². The highest BCUT2D eigenvalue weighted by Gasteiger charge is 2.12. The number of anilines is 1. The second-order valence-corrected chi connectivity index (χ2v) is 5.58. The molecule has 0 aromatic heterocycles. The highest BCUT2D eigenvalue weighted by Crippen LogP contribution is 2.16. The Kier molecular flexibility index (Phi) is 4.51. The molecule has 17 heavy (non-hydrogen) atoms. The van der Waals surface area contributed by atoms with E-state index in [9.17, 15) is 8.42 Å². The van der Waals surface area contributed by atoms with E-state index in [1.807, 2.05) is 6.92 Å². The molecule has 5 nitrogen and oxygen atoms in total. The molecule has 0 unspecified atom stereocenters. The predicted molar refractivity (Wildman–Crippen MR) is 69.8 cm³/mol. The normalized spacial score (nSPS) is 11.1. The minimum atomic E-state index is -3.36. The van der Waals surface area contributed by atoms with Crippen molar-refractivity contribution in [3.8, 4) is 0 Å². The fourth-order valence-corrected chi connectivity index (χ4v) is 2.64. The quantitative estimate of drug-likeness (QED) is 0.531. The Morgan fingerprint density at radius 1 is 1.41 bits per heavy atom. The van der Waals surface area contributed by atoms with Crippen LogP contribution < -0.4 is 10.5 Å². The SMILES string of the molecule is CCCCS(=O)(=O)Nc1ccccc1C(=N)N. The van der Waals surface area contributed by atoms with Gasteiger partial charge in [-0.25, -0.2) is 8.42 Å². The summed E-state index contributed by atoms with van der Waals surface area (Å²) in [6.45, 7) is 1.93. The summed E-state index contributed by atoms with van der Waals surface area (Å²) in [4.78, 5) is 0. The van der Waals surface area contributed by atoms with E-state index < -0.39 is 10.0 Å². The third kappa shape index (κ3) is 4.07. The van der Waals surface area contributed by atoms with E-state index in [-0.39, 0.29) is 11.6 Å². The number of benzene rings is 1. The molecule has 4 N–H and O–H groups in total. The van der Waals surface area contributed by atoms with E-state index in [0.29, 0.717) is 17.7 Å². The van der Waals surface area contributed by atoms with Crippen LogP contribution in [0.4, 0.5) is 5.69 Å². The first kappa shape index (κ1) is 13.5. The zero-order valence-electron chi connectivity index (χ0n) is 9.73. The largest absolute Gasteiger partial charge is 0.384 e. The lowest BCUT2D eigenvalue weighted by Crippen LogP contribution is -2.20. The van der Waals surface area contributed by atoms with E-state index >= 15 is 0 Å². The first-order chi connectivity index (χ1) is 7.96. The van der Waals surface area contributed by atoms with Crippen molar-refractivity contribution in [1.82, 2.24) is 0 Å². The van der Waals surface area contributed by atoms with Gasteiger partial charge in [0.25, 0.3) is 0 Å². The lowest BCUT2D eigenvalue weighted by atomic mass is 10.2. The number of hydrogen-bond donors (Lipinski definition) is 3. The van der Waals surface area contributed by atoms with Crippen LogP contribution in [0.15, 0.2) is 24.3 Å². The number of nitrogen functional groups attached to an aromatic ring is 1. The maximum atomic E-state index is 11.7. The van der Waals surface area contributed by atoms with Gasteiger partial charge in [0, 0.05) is 5.56 Å². The highest BCUT2D eigenvalue weighted by molar-refractivity contribution is 7.92. The molecule has 0 saturated carbocycles. The molecule has 94 valence electrons. The number of unbranched alkanes of at least 4 members (excludes halogenated alkanes) is 1. The van der Waals surface area contributed by atoms with Gasteiger partial charge in [-0.05, 0) is 18.6 Å². The smallest absolute Gasteiger partial charge is 0.232 e. The minimum absolute atomic E-state index is 0.0791. The fourth-order valence-electron chi connectivity index (χ4n) is 1.36. The number of para-hydroxylation sites is 1. The number of nitrogens with two attached hydrogens (primary N) is 1. The van der Waals surface area contributed by atoms with Crippen LogP contribution in [-0.4, -0.2) is 20.0 Å². The van der Waals surface area contributed by atoms with Crippen LogP contribution in [-0.2, 0) is 10.0 Å². The minimum Gasteiger partial charge on any atom is -0.384 e. The molecule has 0 spiro atoms. The molecule has 0 aliphatic rings. The van der Waals surface area contributed by atoms with Crippen molar-refractivity contribution in [1.29, 1.82) is 5.41 Å². The Bertz CT molecular complexity index is 497. The van der Waals surface area contributed by atoms with Gasteiger partial charge in [0.05, 0.1) is 11.4 Å². The Labute approximate surface area is 102 Å². The van der Waals surface area contributed by atoms with Crippen LogP contribution >= 0.6 is 0 Å². The molecule has 0 amide bonds. The standard InChI is InChI=1S/C11H17N3O2S/c1-2-3-8-17(15,16)14-10-7-5-4-6-9(10)11(12)13/h4-7,14H,2-3,8H2,1H3,(H3,12,13). The van der Waals surface area contributed by atoms with Crippen LogP contribution in [0.2, 0.25) is 0 Å². The average molecular weight is 255 g/mol. The molecular formula is C11H17N3O2S. The second kappa shape index (κ2) is 5.67. The number of sulfonamides is 1. The van der Waals surface area contributed by atoms with Gasteiger partial charge in [0.1, 0.15) is 5.84 Å². The molecule has 1 aromatic carbocycles. The Morgan fingerprint density at radius 2 is 2.06 bits per heavy atom. The molecule has 0 fully saturated rings. The molecule has 0 bridgehead atoms. The number of hydrogen-bond acceptors (Lipinski definition) is 3. The lowest BCUT2D eigenvalue weighted by Gasteiger charge is -2.11. The third-order valence-corrected chi connectivity index (χ3v) is 3.61. The van der Waals surface area contributed by atoms with Gasteiger partial charge in [-0.3, -0.25) is 10.1 Å². The van der Waals surface area contributed by atoms with Gasteiger partial charge in [-0.1, -0.05) is 25.5 Å². The fraction of sp³-hybridized carbons (Fsp3) is 0.364. The molecule has 0 saturated heterocycles. The molecule has 0 aliphatic heterocycles. The highest BCUT2D eigenvalue weighted by atomic mass is 32.2. The molecule has 1 aromatic rings. The Morgan fingerprint density at radius 3 is 2.65 bits per heavy atom. The zero-order chi connectivity index (χ0) is 12.9. The van der Waals surface area contributed by atoms with Crippen LogP contribution in [0.3, 0.4) is 0 Å². The lowest BCUT2D eigenvalue weighted by molar-refractivity contribution is 0.598. The van der Waals surface area contributed by atoms with E-state index in [2.05, 4.69) is 4.72 Å². The topological polar surface area (TPSA) is 96.0 Å². The summed E-state index contributed by atoms with van der Waals surface area (Å²) < 4.78 is 25.9. The van der Waals surface area contributed by atoms with Crippen molar-refractivity contribution < 1.29 is 8.42 Å². The summed E-state index contributed by atoms with van der Waals surface area (Å²) >= 11 is 0. The first-order valence-electron chi connectivity index (χ1n) is 5.40. The number of rotatable bonds is 6. The zero-order valence-corrected chi connectivity index (χ0v) is 10.5. The molecule has 0 radical (unpaired) electrons. The summed E-state index contributed by atoms with van der Waals surface area (Å²) in [6, 6.07) is 6.62. The van der Waals surface area contributed by atoms with Crippen molar-refractivity contribution in [3.05, 3.63) is 29.8 Å². The molecule has 6 heteroatoms. The molecule has 0 heterocycles. The van der Waals surface area contributed by atoms with E-state index in [4.69, 9.17) is 11.1 Å². The van der Waals surface area contributed by atoms with E-state index in [1.165, 1.54) is 0 Å². The van der Waals surface area contributed by atoms with E-state index in [1.54, 1.807) is 24.3 Å². The number of amidine groups is 1. The summed E-state index contributed by atoms with van der Waals surface area (Å²) in [5.41, 5.74) is 6.14. The summed E-state index contributed by atoms with van der Waals surface area (Å²) in [5, 5.41) is 7.37. The van der Waals surface area contributed by atoms with Crippen molar-refractivity contribution >= 4 is 21.5 Å². The van der Waals surface area contributed by atoms with Gasteiger partial charge in [0.15, 0.2) is 0 Å². The Balaban J connectivity index is 2.92. The third-order valence-electron chi connectivity index (χ3n) is 2.25. The van der Waals surface area contributed by atoms with Crippen LogP contribution in [0.5, 0.6) is 0 Å². The van der Waals surface area contributed by atoms with Gasteiger partial charge in [0.2, 0.25) is 10.0 Å². The first-order valence-corrected chi connectivity index (χ1v) is 7.05. The van der Waals surface area contributed by atoms with Crippen molar-refractivity contribution in [2.45, 2.75) is 19.8 Å².